The van der Waals surface area contributed by atoms with Gasteiger partial charge in [-0.1, -0.05) is 71.0 Å². The Morgan fingerprint density at radius 3 is 2.17 bits per heavy atom. The Bertz CT molecular complexity index is 1130. The molecule has 0 aliphatic heterocycles. The van der Waals surface area contributed by atoms with E-state index >= 15 is 0 Å². The number of pyridine rings is 1. The van der Waals surface area contributed by atoms with Gasteiger partial charge in [-0.25, -0.2) is 4.98 Å². The Labute approximate surface area is 211 Å². The van der Waals surface area contributed by atoms with Gasteiger partial charge in [-0.2, -0.15) is 0 Å². The van der Waals surface area contributed by atoms with Crippen molar-refractivity contribution in [2.45, 2.75) is 78.7 Å². The number of aromatic nitrogens is 1. The first kappa shape index (κ1) is 26.6. The third-order valence-corrected chi connectivity index (χ3v) is 6.59. The molecule has 1 unspecified atom stereocenters. The van der Waals surface area contributed by atoms with Gasteiger partial charge in [0.15, 0.2) is 0 Å². The maximum absolute atomic E-state index is 6.17. The van der Waals surface area contributed by atoms with Crippen molar-refractivity contribution in [2.75, 3.05) is 13.7 Å². The molecule has 1 aromatic heterocycles. The topological polar surface area (TPSA) is 40.6 Å². The average Bonchev–Trinajstić information content (AvgIpc) is 2.83. The number of para-hydroxylation sites is 1. The zero-order valence-electron chi connectivity index (χ0n) is 22.8. The molecule has 2 aromatic carbocycles. The van der Waals surface area contributed by atoms with Gasteiger partial charge in [0.05, 0.1) is 25.5 Å². The SMILES string of the molecule is CCOc1cc(C(C)(C)c2ccccc2OC(C)C)ccc1C(C)c1ccc(C(C)C)c(OC)n1. The number of rotatable bonds is 10. The first-order chi connectivity index (χ1) is 16.6. The van der Waals surface area contributed by atoms with E-state index in [2.05, 4.69) is 97.0 Å². The normalized spacial score (nSPS) is 12.7. The van der Waals surface area contributed by atoms with E-state index in [4.69, 9.17) is 19.2 Å². The smallest absolute Gasteiger partial charge is 0.216 e. The highest BCUT2D eigenvalue weighted by atomic mass is 16.5. The van der Waals surface area contributed by atoms with Crippen LogP contribution in [-0.2, 0) is 5.41 Å². The third-order valence-electron chi connectivity index (χ3n) is 6.59. The molecule has 4 heteroatoms. The Morgan fingerprint density at radius 1 is 0.857 bits per heavy atom. The molecule has 188 valence electrons. The lowest BCUT2D eigenvalue weighted by atomic mass is 9.77. The van der Waals surface area contributed by atoms with Gasteiger partial charge in [0.1, 0.15) is 11.5 Å². The average molecular weight is 476 g/mol. The maximum atomic E-state index is 6.17. The predicted molar refractivity (Wildman–Crippen MR) is 144 cm³/mol. The van der Waals surface area contributed by atoms with Crippen molar-refractivity contribution < 1.29 is 14.2 Å². The molecule has 3 aromatic rings. The first-order valence-corrected chi connectivity index (χ1v) is 12.7. The summed E-state index contributed by atoms with van der Waals surface area (Å²) in [5.74, 6) is 2.91. The molecule has 3 rings (SSSR count). The molecule has 0 aliphatic carbocycles. The van der Waals surface area contributed by atoms with Gasteiger partial charge in [0.25, 0.3) is 0 Å². The van der Waals surface area contributed by atoms with E-state index in [1.54, 1.807) is 7.11 Å². The zero-order chi connectivity index (χ0) is 25.8. The van der Waals surface area contributed by atoms with Crippen LogP contribution in [0, 0.1) is 0 Å². The minimum absolute atomic E-state index is 0.0559. The number of hydrogen-bond donors (Lipinski definition) is 0. The Kier molecular flexibility index (Phi) is 8.47. The quantitative estimate of drug-likeness (QED) is 0.299. The second-order valence-electron chi connectivity index (χ2n) is 10.2. The van der Waals surface area contributed by atoms with Crippen molar-refractivity contribution in [2.24, 2.45) is 0 Å². The lowest BCUT2D eigenvalue weighted by Crippen LogP contribution is -2.21. The summed E-state index contributed by atoms with van der Waals surface area (Å²) in [4.78, 5) is 4.85. The molecule has 0 saturated carbocycles. The van der Waals surface area contributed by atoms with Crippen LogP contribution in [0.25, 0.3) is 0 Å². The highest BCUT2D eigenvalue weighted by Crippen LogP contribution is 2.41. The lowest BCUT2D eigenvalue weighted by Gasteiger charge is -2.30. The summed E-state index contributed by atoms with van der Waals surface area (Å²) in [5, 5.41) is 0. The summed E-state index contributed by atoms with van der Waals surface area (Å²) < 4.78 is 17.9. The van der Waals surface area contributed by atoms with Crippen LogP contribution in [0.3, 0.4) is 0 Å². The highest BCUT2D eigenvalue weighted by molar-refractivity contribution is 5.51. The van der Waals surface area contributed by atoms with Gasteiger partial charge in [-0.05, 0) is 50.5 Å². The van der Waals surface area contributed by atoms with Crippen molar-refractivity contribution in [1.29, 1.82) is 0 Å². The fourth-order valence-corrected chi connectivity index (χ4v) is 4.53. The molecule has 0 bridgehead atoms. The van der Waals surface area contributed by atoms with Gasteiger partial charge in [0, 0.05) is 28.0 Å². The molecular formula is C31H41NO3. The van der Waals surface area contributed by atoms with Crippen LogP contribution in [0.5, 0.6) is 17.4 Å². The Morgan fingerprint density at radius 2 is 1.54 bits per heavy atom. The van der Waals surface area contributed by atoms with Crippen LogP contribution in [0.4, 0.5) is 0 Å². The van der Waals surface area contributed by atoms with E-state index in [0.29, 0.717) is 18.4 Å². The first-order valence-electron chi connectivity index (χ1n) is 12.7. The highest BCUT2D eigenvalue weighted by Gasteiger charge is 2.29. The predicted octanol–water partition coefficient (Wildman–Crippen LogP) is 7.88. The van der Waals surface area contributed by atoms with Crippen LogP contribution in [0.1, 0.15) is 95.2 Å². The summed E-state index contributed by atoms with van der Waals surface area (Å²) in [6.07, 6.45) is 0.112. The van der Waals surface area contributed by atoms with Gasteiger partial charge in [-0.15, -0.1) is 0 Å². The molecule has 0 aliphatic rings. The molecule has 35 heavy (non-hydrogen) atoms. The van der Waals surface area contributed by atoms with Crippen LogP contribution in [0.15, 0.2) is 54.6 Å². The van der Waals surface area contributed by atoms with E-state index in [0.717, 1.165) is 33.9 Å². The molecule has 1 heterocycles. The van der Waals surface area contributed by atoms with E-state index in [-0.39, 0.29) is 17.4 Å². The third kappa shape index (κ3) is 5.80. The van der Waals surface area contributed by atoms with Crippen LogP contribution >= 0.6 is 0 Å². The van der Waals surface area contributed by atoms with Crippen LogP contribution in [0.2, 0.25) is 0 Å². The number of benzene rings is 2. The number of nitrogens with zero attached hydrogens (tertiary/aromatic N) is 1. The molecule has 0 saturated heterocycles. The molecule has 0 radical (unpaired) electrons. The van der Waals surface area contributed by atoms with Gasteiger partial charge < -0.3 is 14.2 Å². The summed E-state index contributed by atoms with van der Waals surface area (Å²) in [6.45, 7) is 17.7. The molecule has 0 spiro atoms. The molecular weight excluding hydrogens is 434 g/mol. The van der Waals surface area contributed by atoms with E-state index in [1.807, 2.05) is 13.0 Å². The van der Waals surface area contributed by atoms with Gasteiger partial charge >= 0.3 is 0 Å². The minimum Gasteiger partial charge on any atom is -0.494 e. The number of methoxy groups -OCH3 is 1. The van der Waals surface area contributed by atoms with Crippen molar-refractivity contribution >= 4 is 0 Å². The molecule has 1 atom stereocenters. The summed E-state index contributed by atoms with van der Waals surface area (Å²) >= 11 is 0. The largest absolute Gasteiger partial charge is 0.494 e. The zero-order valence-corrected chi connectivity index (χ0v) is 22.8. The second kappa shape index (κ2) is 11.2. The van der Waals surface area contributed by atoms with Crippen molar-refractivity contribution in [1.82, 2.24) is 4.98 Å². The van der Waals surface area contributed by atoms with E-state index < -0.39 is 0 Å². The molecule has 0 amide bonds. The summed E-state index contributed by atoms with van der Waals surface area (Å²) in [6, 6.07) is 19.1. The van der Waals surface area contributed by atoms with Gasteiger partial charge in [0.2, 0.25) is 5.88 Å². The fraction of sp³-hybridized carbons (Fsp3) is 0.452. The van der Waals surface area contributed by atoms with Gasteiger partial charge in [-0.3, -0.25) is 0 Å². The van der Waals surface area contributed by atoms with Crippen molar-refractivity contribution in [3.63, 3.8) is 0 Å². The van der Waals surface area contributed by atoms with Crippen molar-refractivity contribution in [3.05, 3.63) is 82.5 Å². The molecule has 0 N–H and O–H groups in total. The second-order valence-corrected chi connectivity index (χ2v) is 10.2. The standard InChI is InChI=1S/C31H41NO3/c1-10-34-29-19-23(31(7,8)26-13-11-12-14-28(26)35-21(4)5)15-16-25(29)22(6)27-18-17-24(20(2)3)30(32-27)33-9/h11-22H,10H2,1-9H3. The van der Waals surface area contributed by atoms with E-state index in [9.17, 15) is 0 Å². The van der Waals surface area contributed by atoms with Crippen LogP contribution < -0.4 is 14.2 Å². The maximum Gasteiger partial charge on any atom is 0.216 e. The Hall–Kier alpha value is -3.01. The monoisotopic (exact) mass is 475 g/mol. The summed E-state index contributed by atoms with van der Waals surface area (Å²) in [5.41, 5.74) is 5.28. The molecule has 4 nitrogen and oxygen atoms in total. The van der Waals surface area contributed by atoms with Crippen LogP contribution in [-0.4, -0.2) is 24.8 Å². The summed E-state index contributed by atoms with van der Waals surface area (Å²) in [7, 11) is 1.69. The van der Waals surface area contributed by atoms with E-state index in [1.165, 1.54) is 5.56 Å². The lowest BCUT2D eigenvalue weighted by molar-refractivity contribution is 0.237. The number of hydrogen-bond acceptors (Lipinski definition) is 4. The molecule has 0 fully saturated rings. The minimum atomic E-state index is -0.264. The van der Waals surface area contributed by atoms with Crippen molar-refractivity contribution in [3.8, 4) is 17.4 Å². The fourth-order valence-electron chi connectivity index (χ4n) is 4.53. The Balaban J connectivity index is 2.04. The number of ether oxygens (including phenoxy) is 3.